The Hall–Kier alpha value is -2.69. The Morgan fingerprint density at radius 1 is 1.23 bits per heavy atom. The number of hydrogen-bond acceptors (Lipinski definition) is 4. The first kappa shape index (κ1) is 14.3. The maximum atomic E-state index is 12.0. The first-order chi connectivity index (χ1) is 10.5. The minimum absolute atomic E-state index is 0.302. The predicted molar refractivity (Wildman–Crippen MR) is 84.5 cm³/mol. The maximum absolute atomic E-state index is 12.0. The highest BCUT2D eigenvalue weighted by atomic mass is 16.6. The zero-order valence-electron chi connectivity index (χ0n) is 13.0. The second-order valence-corrected chi connectivity index (χ2v) is 5.41. The van der Waals surface area contributed by atoms with Crippen LogP contribution in [0.25, 0.3) is 6.08 Å². The Labute approximate surface area is 128 Å². The van der Waals surface area contributed by atoms with E-state index in [1.54, 1.807) is 10.8 Å². The minimum Gasteiger partial charge on any atom is -0.402 e. The first-order valence-corrected chi connectivity index (χ1v) is 7.05. The molecule has 2 aromatic rings. The van der Waals surface area contributed by atoms with E-state index in [1.807, 2.05) is 52.1 Å². The molecule has 0 aliphatic carbocycles. The molecule has 22 heavy (non-hydrogen) atoms. The lowest BCUT2D eigenvalue weighted by Crippen LogP contribution is -2.05. The highest BCUT2D eigenvalue weighted by molar-refractivity contribution is 6.13. The summed E-state index contributed by atoms with van der Waals surface area (Å²) in [7, 11) is 1.87. The normalized spacial score (nSPS) is 16.1. The van der Waals surface area contributed by atoms with Gasteiger partial charge in [-0.3, -0.25) is 4.68 Å². The standard InChI is InChI=1S/C17H17N3O2/c1-10-6-5-7-13(8-10)16-18-15(17(21)22-16)9-14-11(2)19-20(4)12(14)3/h5-9H,1-4H3. The number of cyclic esters (lactones) is 1. The average Bonchev–Trinajstić information content (AvgIpc) is 2.95. The molecule has 1 aliphatic rings. The van der Waals surface area contributed by atoms with E-state index in [1.165, 1.54) is 0 Å². The summed E-state index contributed by atoms with van der Waals surface area (Å²) in [4.78, 5) is 16.4. The number of carbonyl (C=O) groups excluding carboxylic acids is 1. The van der Waals surface area contributed by atoms with E-state index in [0.29, 0.717) is 11.6 Å². The summed E-state index contributed by atoms with van der Waals surface area (Å²) in [6, 6.07) is 7.72. The van der Waals surface area contributed by atoms with Gasteiger partial charge in [0.05, 0.1) is 5.69 Å². The lowest BCUT2D eigenvalue weighted by Gasteiger charge is -1.99. The second kappa shape index (κ2) is 5.26. The van der Waals surface area contributed by atoms with Gasteiger partial charge < -0.3 is 4.74 Å². The number of esters is 1. The van der Waals surface area contributed by atoms with Gasteiger partial charge in [-0.2, -0.15) is 5.10 Å². The number of hydrogen-bond donors (Lipinski definition) is 0. The van der Waals surface area contributed by atoms with E-state index in [0.717, 1.165) is 28.1 Å². The SMILES string of the molecule is Cc1cccc(C2=NC(=Cc3c(C)nn(C)c3C)C(=O)O2)c1. The van der Waals surface area contributed by atoms with E-state index in [-0.39, 0.29) is 0 Å². The molecule has 112 valence electrons. The zero-order chi connectivity index (χ0) is 15.9. The lowest BCUT2D eigenvalue weighted by atomic mass is 10.1. The summed E-state index contributed by atoms with van der Waals surface area (Å²) in [5, 5.41) is 4.34. The van der Waals surface area contributed by atoms with Crippen molar-refractivity contribution < 1.29 is 9.53 Å². The molecule has 1 aromatic carbocycles. The summed E-state index contributed by atoms with van der Waals surface area (Å²) in [6.07, 6.45) is 1.74. The number of benzene rings is 1. The van der Waals surface area contributed by atoms with Crippen LogP contribution in [0, 0.1) is 20.8 Å². The van der Waals surface area contributed by atoms with Gasteiger partial charge in [-0.05, 0) is 39.0 Å². The minimum atomic E-state index is -0.431. The van der Waals surface area contributed by atoms with E-state index in [4.69, 9.17) is 4.74 Å². The van der Waals surface area contributed by atoms with E-state index in [2.05, 4.69) is 10.1 Å². The number of aryl methyl sites for hydroxylation is 3. The van der Waals surface area contributed by atoms with Gasteiger partial charge in [0.25, 0.3) is 0 Å². The molecular weight excluding hydrogens is 278 g/mol. The Kier molecular flexibility index (Phi) is 3.41. The van der Waals surface area contributed by atoms with Crippen LogP contribution < -0.4 is 0 Å². The summed E-state index contributed by atoms with van der Waals surface area (Å²) in [6.45, 7) is 5.85. The second-order valence-electron chi connectivity index (χ2n) is 5.41. The first-order valence-electron chi connectivity index (χ1n) is 7.05. The van der Waals surface area contributed by atoms with Crippen molar-refractivity contribution in [2.75, 3.05) is 0 Å². The number of ether oxygens (including phenoxy) is 1. The quantitative estimate of drug-likeness (QED) is 0.632. The van der Waals surface area contributed by atoms with Gasteiger partial charge in [0.1, 0.15) is 0 Å². The van der Waals surface area contributed by atoms with Gasteiger partial charge in [-0.1, -0.05) is 17.7 Å². The lowest BCUT2D eigenvalue weighted by molar-refractivity contribution is -0.129. The highest BCUT2D eigenvalue weighted by Crippen LogP contribution is 2.22. The third-order valence-corrected chi connectivity index (χ3v) is 3.73. The van der Waals surface area contributed by atoms with E-state index in [9.17, 15) is 4.79 Å². The Balaban J connectivity index is 2.01. The predicted octanol–water partition coefficient (Wildman–Crippen LogP) is 2.69. The molecule has 0 saturated carbocycles. The molecule has 3 rings (SSSR count). The van der Waals surface area contributed by atoms with Gasteiger partial charge in [-0.25, -0.2) is 9.79 Å². The fraction of sp³-hybridized carbons (Fsp3) is 0.235. The van der Waals surface area contributed by atoms with Gasteiger partial charge >= 0.3 is 5.97 Å². The topological polar surface area (TPSA) is 56.5 Å². The molecule has 5 heteroatoms. The third kappa shape index (κ3) is 2.45. The van der Waals surface area contributed by atoms with E-state index >= 15 is 0 Å². The average molecular weight is 295 g/mol. The molecule has 0 spiro atoms. The van der Waals surface area contributed by atoms with Crippen LogP contribution in [0.5, 0.6) is 0 Å². The molecule has 1 aromatic heterocycles. The highest BCUT2D eigenvalue weighted by Gasteiger charge is 2.25. The number of carbonyl (C=O) groups is 1. The molecule has 1 aliphatic heterocycles. The fourth-order valence-corrected chi connectivity index (χ4v) is 2.45. The van der Waals surface area contributed by atoms with Crippen LogP contribution >= 0.6 is 0 Å². The smallest absolute Gasteiger partial charge is 0.363 e. The number of nitrogens with zero attached hydrogens (tertiary/aromatic N) is 3. The number of aliphatic imine (C=N–C) groups is 1. The summed E-state index contributed by atoms with van der Waals surface area (Å²) in [5.74, 6) is -0.0849. The Morgan fingerprint density at radius 2 is 2.00 bits per heavy atom. The van der Waals surface area contributed by atoms with Crippen molar-refractivity contribution in [1.82, 2.24) is 9.78 Å². The molecule has 2 heterocycles. The zero-order valence-corrected chi connectivity index (χ0v) is 13.0. The molecule has 0 N–H and O–H groups in total. The van der Waals surface area contributed by atoms with Crippen LogP contribution in [0.15, 0.2) is 35.0 Å². The van der Waals surface area contributed by atoms with Crippen LogP contribution in [0.3, 0.4) is 0 Å². The van der Waals surface area contributed by atoms with Gasteiger partial charge in [0.2, 0.25) is 5.90 Å². The van der Waals surface area contributed by atoms with Gasteiger partial charge in [0.15, 0.2) is 5.70 Å². The number of rotatable bonds is 2. The Bertz CT molecular complexity index is 828. The molecule has 0 amide bonds. The van der Waals surface area contributed by atoms with Crippen LogP contribution in [-0.4, -0.2) is 21.6 Å². The summed E-state index contributed by atoms with van der Waals surface area (Å²) in [5.41, 5.74) is 4.94. The molecule has 0 bridgehead atoms. The molecule has 0 atom stereocenters. The van der Waals surface area contributed by atoms with Gasteiger partial charge in [-0.15, -0.1) is 0 Å². The van der Waals surface area contributed by atoms with Crippen molar-refractivity contribution in [3.05, 3.63) is 58.0 Å². The third-order valence-electron chi connectivity index (χ3n) is 3.73. The molecule has 0 fully saturated rings. The van der Waals surface area contributed by atoms with Crippen molar-refractivity contribution in [3.8, 4) is 0 Å². The van der Waals surface area contributed by atoms with Gasteiger partial charge in [0, 0.05) is 23.9 Å². The van der Waals surface area contributed by atoms with Crippen molar-refractivity contribution in [2.24, 2.45) is 12.0 Å². The molecule has 0 saturated heterocycles. The largest absolute Gasteiger partial charge is 0.402 e. The van der Waals surface area contributed by atoms with Crippen LogP contribution in [0.1, 0.15) is 28.1 Å². The molecule has 5 nitrogen and oxygen atoms in total. The van der Waals surface area contributed by atoms with Crippen LogP contribution in [0.2, 0.25) is 0 Å². The monoisotopic (exact) mass is 295 g/mol. The van der Waals surface area contributed by atoms with Crippen LogP contribution in [-0.2, 0) is 16.6 Å². The molecule has 0 unspecified atom stereocenters. The maximum Gasteiger partial charge on any atom is 0.363 e. The summed E-state index contributed by atoms with van der Waals surface area (Å²) >= 11 is 0. The van der Waals surface area contributed by atoms with Crippen molar-refractivity contribution in [3.63, 3.8) is 0 Å². The number of aromatic nitrogens is 2. The van der Waals surface area contributed by atoms with Crippen molar-refractivity contribution in [1.29, 1.82) is 0 Å². The molecule has 0 radical (unpaired) electrons. The Morgan fingerprint density at radius 3 is 2.64 bits per heavy atom. The fourth-order valence-electron chi connectivity index (χ4n) is 2.45. The van der Waals surface area contributed by atoms with Crippen LogP contribution in [0.4, 0.5) is 0 Å². The van der Waals surface area contributed by atoms with E-state index < -0.39 is 5.97 Å². The molecular formula is C17H17N3O2. The summed E-state index contributed by atoms with van der Waals surface area (Å²) < 4.78 is 7.07. The van der Waals surface area contributed by atoms with Crippen molar-refractivity contribution >= 4 is 17.9 Å². The van der Waals surface area contributed by atoms with Crippen molar-refractivity contribution in [2.45, 2.75) is 20.8 Å².